The minimum Gasteiger partial charge on any atom is -0.397 e. The van der Waals surface area contributed by atoms with Crippen LogP contribution in [0.5, 0.6) is 0 Å². The van der Waals surface area contributed by atoms with E-state index in [0.717, 1.165) is 0 Å². The first-order chi connectivity index (χ1) is 4.43. The van der Waals surface area contributed by atoms with Crippen LogP contribution >= 0.6 is 0 Å². The van der Waals surface area contributed by atoms with Gasteiger partial charge >= 0.3 is 0 Å². The third-order valence-electron chi connectivity index (χ3n) is 1.14. The maximum absolute atomic E-state index is 8.38. The average Bonchev–Trinajstić information content (AvgIpc) is 2.34. The summed E-state index contributed by atoms with van der Waals surface area (Å²) in [5.41, 5.74) is 0. The van der Waals surface area contributed by atoms with Crippen LogP contribution in [0.25, 0.3) is 0 Å². The zero-order valence-electron chi connectivity index (χ0n) is 5.25. The fourth-order valence-corrected chi connectivity index (χ4v) is 0.723. The molecule has 0 unspecified atom stereocenters. The smallest absolute Gasteiger partial charge is 0.189 e. The molecule has 3 nitrogen and oxygen atoms in total. The largest absolute Gasteiger partial charge is 0.397 e. The van der Waals surface area contributed by atoms with Crippen molar-refractivity contribution in [1.82, 2.24) is 0 Å². The summed E-state index contributed by atoms with van der Waals surface area (Å²) in [6.45, 7) is 1.52. The maximum Gasteiger partial charge on any atom is 0.189 e. The van der Waals surface area contributed by atoms with E-state index in [1.54, 1.807) is 0 Å². The molecular weight excluding hydrogens is 119 g/mol. The fraction of sp³-hybridized carbons (Fsp3) is 1.00. The van der Waals surface area contributed by atoms with Crippen LogP contribution in [0.2, 0.25) is 6.32 Å². The predicted octanol–water partition coefficient (Wildman–Crippen LogP) is -0.568. The van der Waals surface area contributed by atoms with Gasteiger partial charge in [-0.2, -0.15) is 0 Å². The van der Waals surface area contributed by atoms with Crippen LogP contribution in [-0.4, -0.2) is 38.4 Å². The molecule has 1 radical (unpaired) electrons. The lowest BCUT2D eigenvalue weighted by molar-refractivity contribution is 0.0232. The second-order valence-corrected chi connectivity index (χ2v) is 1.86. The van der Waals surface area contributed by atoms with Crippen molar-refractivity contribution < 1.29 is 14.6 Å². The van der Waals surface area contributed by atoms with Crippen molar-refractivity contribution in [3.05, 3.63) is 0 Å². The van der Waals surface area contributed by atoms with Crippen LogP contribution in [0.4, 0.5) is 0 Å². The van der Waals surface area contributed by atoms with Crippen molar-refractivity contribution in [1.29, 1.82) is 0 Å². The van der Waals surface area contributed by atoms with Gasteiger partial charge in [0, 0.05) is 6.61 Å². The highest BCUT2D eigenvalue weighted by Gasteiger charge is 2.15. The van der Waals surface area contributed by atoms with E-state index in [2.05, 4.69) is 0 Å². The molecule has 0 bridgehead atoms. The summed E-state index contributed by atoms with van der Waals surface area (Å²) in [4.78, 5) is 0. The molecule has 0 atom stereocenters. The van der Waals surface area contributed by atoms with Crippen molar-refractivity contribution >= 4 is 7.28 Å². The zero-order valence-corrected chi connectivity index (χ0v) is 5.25. The number of ether oxygens (including phenoxy) is 2. The Morgan fingerprint density at radius 1 is 1.44 bits per heavy atom. The fourth-order valence-electron chi connectivity index (χ4n) is 0.723. The van der Waals surface area contributed by atoms with Gasteiger partial charge in [0.25, 0.3) is 0 Å². The highest BCUT2D eigenvalue weighted by molar-refractivity contribution is 6.36. The predicted molar refractivity (Wildman–Crippen MR) is 33.3 cm³/mol. The van der Waals surface area contributed by atoms with Gasteiger partial charge in [0.05, 0.1) is 13.2 Å². The van der Waals surface area contributed by atoms with Crippen molar-refractivity contribution in [2.24, 2.45) is 0 Å². The standard InChI is InChI=1S/C5H10BO3/c7-2-1-6-5-8-3-4-9-5/h5,7H,1-4H2. The van der Waals surface area contributed by atoms with Crippen molar-refractivity contribution in [3.63, 3.8) is 0 Å². The second-order valence-electron chi connectivity index (χ2n) is 1.86. The quantitative estimate of drug-likeness (QED) is 0.518. The van der Waals surface area contributed by atoms with E-state index in [1.165, 1.54) is 0 Å². The Hall–Kier alpha value is -0.0551. The van der Waals surface area contributed by atoms with Gasteiger partial charge in [0.15, 0.2) is 7.28 Å². The van der Waals surface area contributed by atoms with Gasteiger partial charge in [-0.3, -0.25) is 0 Å². The molecule has 0 aromatic heterocycles. The highest BCUT2D eigenvalue weighted by Crippen LogP contribution is 2.02. The van der Waals surface area contributed by atoms with E-state index in [4.69, 9.17) is 14.6 Å². The molecular formula is C5H10BO3. The second kappa shape index (κ2) is 3.87. The number of aliphatic hydroxyl groups excluding tert-OH is 1. The lowest BCUT2D eigenvalue weighted by Gasteiger charge is -2.04. The molecule has 51 valence electrons. The number of aliphatic hydroxyl groups is 1. The summed E-state index contributed by atoms with van der Waals surface area (Å²) in [6.07, 6.45) is 0.474. The molecule has 0 amide bonds. The Labute approximate surface area is 55.2 Å². The molecule has 4 heteroatoms. The minimum atomic E-state index is -0.169. The van der Waals surface area contributed by atoms with Crippen LogP contribution in [0.1, 0.15) is 0 Å². The van der Waals surface area contributed by atoms with Crippen molar-refractivity contribution in [2.75, 3.05) is 19.8 Å². The summed E-state index contributed by atoms with van der Waals surface area (Å²) >= 11 is 0. The summed E-state index contributed by atoms with van der Waals surface area (Å²) in [7, 11) is 1.83. The first-order valence-electron chi connectivity index (χ1n) is 3.11. The number of hydrogen-bond acceptors (Lipinski definition) is 3. The van der Waals surface area contributed by atoms with E-state index in [-0.39, 0.29) is 12.8 Å². The molecule has 0 aromatic rings. The van der Waals surface area contributed by atoms with Gasteiger partial charge in [0.2, 0.25) is 0 Å². The molecule has 9 heavy (non-hydrogen) atoms. The van der Waals surface area contributed by atoms with Crippen LogP contribution in [0.3, 0.4) is 0 Å². The lowest BCUT2D eigenvalue weighted by Crippen LogP contribution is -2.17. The normalized spacial score (nSPS) is 20.6. The molecule has 1 fully saturated rings. The SMILES string of the molecule is OCC[B]C1OCCO1. The monoisotopic (exact) mass is 129 g/mol. The molecule has 0 saturated carbocycles. The van der Waals surface area contributed by atoms with E-state index in [0.29, 0.717) is 19.5 Å². The van der Waals surface area contributed by atoms with Crippen molar-refractivity contribution in [2.45, 2.75) is 12.5 Å². The maximum atomic E-state index is 8.38. The molecule has 1 rings (SSSR count). The van der Waals surface area contributed by atoms with Crippen LogP contribution in [0.15, 0.2) is 0 Å². The third kappa shape index (κ3) is 2.34. The number of hydrogen-bond donors (Lipinski definition) is 1. The Morgan fingerprint density at radius 2 is 2.11 bits per heavy atom. The van der Waals surface area contributed by atoms with Gasteiger partial charge in [-0.25, -0.2) is 0 Å². The van der Waals surface area contributed by atoms with E-state index >= 15 is 0 Å². The molecule has 1 aliphatic rings. The Kier molecular flexibility index (Phi) is 3.04. The molecule has 0 spiro atoms. The molecule has 1 aliphatic heterocycles. The summed E-state index contributed by atoms with van der Waals surface area (Å²) in [6, 6.07) is 0. The van der Waals surface area contributed by atoms with Gasteiger partial charge < -0.3 is 14.6 Å². The summed E-state index contributed by atoms with van der Waals surface area (Å²) in [5, 5.41) is 8.38. The zero-order chi connectivity index (χ0) is 6.53. The summed E-state index contributed by atoms with van der Waals surface area (Å²) < 4.78 is 10.1. The third-order valence-corrected chi connectivity index (χ3v) is 1.14. The first kappa shape index (κ1) is 7.06. The summed E-state index contributed by atoms with van der Waals surface area (Å²) in [5.74, 6) is 0. The Morgan fingerprint density at radius 3 is 2.67 bits per heavy atom. The average molecular weight is 129 g/mol. The molecule has 0 aliphatic carbocycles. The van der Waals surface area contributed by atoms with E-state index in [1.807, 2.05) is 7.28 Å². The minimum absolute atomic E-state index is 0.169. The number of rotatable bonds is 3. The van der Waals surface area contributed by atoms with Crippen LogP contribution in [0, 0.1) is 0 Å². The lowest BCUT2D eigenvalue weighted by atomic mass is 9.74. The van der Waals surface area contributed by atoms with Gasteiger partial charge in [-0.05, 0) is 0 Å². The highest BCUT2D eigenvalue weighted by atomic mass is 16.7. The van der Waals surface area contributed by atoms with Gasteiger partial charge in [-0.1, -0.05) is 6.32 Å². The Bertz CT molecular complexity index is 72.6. The molecule has 1 N–H and O–H groups in total. The van der Waals surface area contributed by atoms with E-state index < -0.39 is 0 Å². The van der Waals surface area contributed by atoms with Gasteiger partial charge in [0.1, 0.15) is 6.19 Å². The van der Waals surface area contributed by atoms with Crippen LogP contribution < -0.4 is 0 Å². The van der Waals surface area contributed by atoms with Crippen molar-refractivity contribution in [3.8, 4) is 0 Å². The molecule has 0 aromatic carbocycles. The topological polar surface area (TPSA) is 38.7 Å². The first-order valence-corrected chi connectivity index (χ1v) is 3.11. The van der Waals surface area contributed by atoms with Crippen LogP contribution in [-0.2, 0) is 9.47 Å². The molecule has 1 saturated heterocycles. The van der Waals surface area contributed by atoms with E-state index in [9.17, 15) is 0 Å². The molecule has 1 heterocycles. The van der Waals surface area contributed by atoms with Gasteiger partial charge in [-0.15, -0.1) is 0 Å². The Balaban J connectivity index is 1.98.